The second kappa shape index (κ2) is 3.15. The van der Waals surface area contributed by atoms with E-state index in [4.69, 9.17) is 9.47 Å². The van der Waals surface area contributed by atoms with Crippen molar-refractivity contribution < 1.29 is 9.47 Å². The van der Waals surface area contributed by atoms with Crippen LogP contribution in [-0.4, -0.2) is 17.2 Å². The van der Waals surface area contributed by atoms with Gasteiger partial charge < -0.3 is 9.47 Å². The van der Waals surface area contributed by atoms with Gasteiger partial charge in [0, 0.05) is 11.8 Å². The molecule has 14 heavy (non-hydrogen) atoms. The SMILES string of the molecule is CCc1ccnc2c1OCC(C)(C)O2. The van der Waals surface area contributed by atoms with Crippen LogP contribution in [0.4, 0.5) is 0 Å². The second-order valence-electron chi connectivity index (χ2n) is 4.11. The van der Waals surface area contributed by atoms with Gasteiger partial charge in [-0.2, -0.15) is 0 Å². The molecule has 2 rings (SSSR count). The molecule has 0 aliphatic carbocycles. The number of nitrogens with zero attached hydrogens (tertiary/aromatic N) is 1. The van der Waals surface area contributed by atoms with Crippen LogP contribution >= 0.6 is 0 Å². The zero-order valence-corrected chi connectivity index (χ0v) is 8.83. The highest BCUT2D eigenvalue weighted by Crippen LogP contribution is 2.35. The van der Waals surface area contributed by atoms with Crippen LogP contribution in [0.5, 0.6) is 11.6 Å². The molecule has 1 aliphatic rings. The van der Waals surface area contributed by atoms with E-state index in [1.165, 1.54) is 0 Å². The summed E-state index contributed by atoms with van der Waals surface area (Å²) in [6.07, 6.45) is 2.71. The number of hydrogen-bond acceptors (Lipinski definition) is 3. The van der Waals surface area contributed by atoms with Crippen LogP contribution in [0.2, 0.25) is 0 Å². The molecule has 0 aromatic carbocycles. The van der Waals surface area contributed by atoms with Crippen molar-refractivity contribution in [1.29, 1.82) is 0 Å². The maximum Gasteiger partial charge on any atom is 0.257 e. The molecule has 0 radical (unpaired) electrons. The quantitative estimate of drug-likeness (QED) is 0.685. The fourth-order valence-corrected chi connectivity index (χ4v) is 1.51. The minimum atomic E-state index is -0.271. The molecule has 1 aliphatic heterocycles. The Kier molecular flexibility index (Phi) is 2.10. The van der Waals surface area contributed by atoms with E-state index in [-0.39, 0.29) is 5.60 Å². The summed E-state index contributed by atoms with van der Waals surface area (Å²) in [7, 11) is 0. The third kappa shape index (κ3) is 1.54. The first-order valence-electron chi connectivity index (χ1n) is 4.92. The molecule has 0 amide bonds. The maximum absolute atomic E-state index is 5.73. The van der Waals surface area contributed by atoms with E-state index in [1.807, 2.05) is 19.9 Å². The van der Waals surface area contributed by atoms with Crippen molar-refractivity contribution in [3.8, 4) is 11.6 Å². The van der Waals surface area contributed by atoms with Gasteiger partial charge in [-0.05, 0) is 26.3 Å². The minimum Gasteiger partial charge on any atom is -0.484 e. The van der Waals surface area contributed by atoms with Crippen LogP contribution in [-0.2, 0) is 6.42 Å². The third-order valence-electron chi connectivity index (χ3n) is 2.27. The number of aryl methyl sites for hydroxylation is 1. The van der Waals surface area contributed by atoms with Gasteiger partial charge in [0.05, 0.1) is 0 Å². The molecule has 0 bridgehead atoms. The molecule has 3 nitrogen and oxygen atoms in total. The van der Waals surface area contributed by atoms with Crippen molar-refractivity contribution in [3.63, 3.8) is 0 Å². The number of hydrogen-bond donors (Lipinski definition) is 0. The summed E-state index contributed by atoms with van der Waals surface area (Å²) in [5.41, 5.74) is 0.886. The van der Waals surface area contributed by atoms with Crippen molar-refractivity contribution >= 4 is 0 Å². The molecule has 0 atom stereocenters. The van der Waals surface area contributed by atoms with Gasteiger partial charge in [0.1, 0.15) is 12.2 Å². The number of aromatic nitrogens is 1. The van der Waals surface area contributed by atoms with Gasteiger partial charge in [-0.3, -0.25) is 0 Å². The summed E-state index contributed by atoms with van der Waals surface area (Å²) in [5.74, 6) is 1.44. The van der Waals surface area contributed by atoms with Crippen molar-refractivity contribution in [1.82, 2.24) is 4.98 Å². The maximum atomic E-state index is 5.73. The minimum absolute atomic E-state index is 0.271. The first-order chi connectivity index (χ1) is 6.62. The highest BCUT2D eigenvalue weighted by molar-refractivity contribution is 5.42. The largest absolute Gasteiger partial charge is 0.484 e. The molecule has 76 valence electrons. The first kappa shape index (κ1) is 9.31. The number of ether oxygens (including phenoxy) is 2. The number of fused-ring (bicyclic) bond motifs is 1. The van der Waals surface area contributed by atoms with Crippen molar-refractivity contribution in [2.24, 2.45) is 0 Å². The smallest absolute Gasteiger partial charge is 0.257 e. The van der Waals surface area contributed by atoms with E-state index in [0.29, 0.717) is 12.5 Å². The van der Waals surface area contributed by atoms with Crippen LogP contribution in [0.3, 0.4) is 0 Å². The Hall–Kier alpha value is -1.25. The van der Waals surface area contributed by atoms with Gasteiger partial charge in [-0.25, -0.2) is 4.98 Å². The Morgan fingerprint density at radius 2 is 2.29 bits per heavy atom. The summed E-state index contributed by atoms with van der Waals surface area (Å²) < 4.78 is 11.4. The Bertz CT molecular complexity index is 347. The molecule has 0 saturated heterocycles. The van der Waals surface area contributed by atoms with Crippen LogP contribution in [0, 0.1) is 0 Å². The predicted octanol–water partition coefficient (Wildman–Crippen LogP) is 2.19. The molecular weight excluding hydrogens is 178 g/mol. The van der Waals surface area contributed by atoms with E-state index >= 15 is 0 Å². The van der Waals surface area contributed by atoms with Gasteiger partial charge in [-0.1, -0.05) is 6.92 Å². The molecule has 1 aromatic rings. The fraction of sp³-hybridized carbons (Fsp3) is 0.545. The Labute approximate surface area is 84.1 Å². The molecule has 0 N–H and O–H groups in total. The van der Waals surface area contributed by atoms with E-state index in [2.05, 4.69) is 11.9 Å². The van der Waals surface area contributed by atoms with Gasteiger partial charge in [0.25, 0.3) is 5.88 Å². The molecule has 0 saturated carbocycles. The van der Waals surface area contributed by atoms with Crippen LogP contribution in [0.25, 0.3) is 0 Å². The van der Waals surface area contributed by atoms with E-state index in [0.717, 1.165) is 17.7 Å². The lowest BCUT2D eigenvalue weighted by molar-refractivity contribution is 0.0155. The van der Waals surface area contributed by atoms with Gasteiger partial charge >= 0.3 is 0 Å². The standard InChI is InChI=1S/C11H15NO2/c1-4-8-5-6-12-10-9(8)13-7-11(2,3)14-10/h5-6H,4,7H2,1-3H3. The second-order valence-corrected chi connectivity index (χ2v) is 4.11. The van der Waals surface area contributed by atoms with Crippen molar-refractivity contribution in [2.45, 2.75) is 32.8 Å². The van der Waals surface area contributed by atoms with Crippen LogP contribution in [0.15, 0.2) is 12.3 Å². The highest BCUT2D eigenvalue weighted by atomic mass is 16.6. The zero-order chi connectivity index (χ0) is 10.2. The number of pyridine rings is 1. The van der Waals surface area contributed by atoms with Crippen molar-refractivity contribution in [3.05, 3.63) is 17.8 Å². The molecule has 0 fully saturated rings. The first-order valence-corrected chi connectivity index (χ1v) is 4.92. The Morgan fingerprint density at radius 3 is 3.00 bits per heavy atom. The lowest BCUT2D eigenvalue weighted by Crippen LogP contribution is -2.39. The van der Waals surface area contributed by atoms with Gasteiger partial charge in [0.15, 0.2) is 5.75 Å². The predicted molar refractivity (Wildman–Crippen MR) is 53.8 cm³/mol. The summed E-state index contributed by atoms with van der Waals surface area (Å²) >= 11 is 0. The van der Waals surface area contributed by atoms with Gasteiger partial charge in [0.2, 0.25) is 0 Å². The topological polar surface area (TPSA) is 31.4 Å². The molecule has 3 heteroatoms. The lowest BCUT2D eigenvalue weighted by atomic mass is 10.1. The normalized spacial score (nSPS) is 17.9. The fourth-order valence-electron chi connectivity index (χ4n) is 1.51. The van der Waals surface area contributed by atoms with E-state index in [9.17, 15) is 0 Å². The van der Waals surface area contributed by atoms with Crippen LogP contribution in [0.1, 0.15) is 26.3 Å². The number of rotatable bonds is 1. The average Bonchev–Trinajstić information content (AvgIpc) is 2.15. The highest BCUT2D eigenvalue weighted by Gasteiger charge is 2.30. The van der Waals surface area contributed by atoms with Crippen LogP contribution < -0.4 is 9.47 Å². The Balaban J connectivity index is 2.40. The summed E-state index contributed by atoms with van der Waals surface area (Å²) in [5, 5.41) is 0. The Morgan fingerprint density at radius 1 is 1.50 bits per heavy atom. The van der Waals surface area contributed by atoms with Gasteiger partial charge in [-0.15, -0.1) is 0 Å². The lowest BCUT2D eigenvalue weighted by Gasteiger charge is -2.32. The summed E-state index contributed by atoms with van der Waals surface area (Å²) in [6.45, 7) is 6.67. The molecule has 0 spiro atoms. The molecule has 0 unspecified atom stereocenters. The average molecular weight is 193 g/mol. The zero-order valence-electron chi connectivity index (χ0n) is 8.83. The third-order valence-corrected chi connectivity index (χ3v) is 2.27. The summed E-state index contributed by atoms with van der Waals surface area (Å²) in [6, 6.07) is 1.97. The van der Waals surface area contributed by atoms with E-state index in [1.54, 1.807) is 6.20 Å². The van der Waals surface area contributed by atoms with Crippen molar-refractivity contribution in [2.75, 3.05) is 6.61 Å². The molecule has 2 heterocycles. The summed E-state index contributed by atoms with van der Waals surface area (Å²) in [4.78, 5) is 4.18. The van der Waals surface area contributed by atoms with E-state index < -0.39 is 0 Å². The molecule has 1 aromatic heterocycles. The monoisotopic (exact) mass is 193 g/mol. The molecular formula is C11H15NO2.